The SMILES string of the molecule is C=C(C)CN1C(=O)COc2cc(NC(=O)COc3ccc(OCC)cc3)ccc21. The van der Waals surface area contributed by atoms with Crippen molar-refractivity contribution in [3.63, 3.8) is 0 Å². The highest BCUT2D eigenvalue weighted by atomic mass is 16.5. The molecule has 3 rings (SSSR count). The third-order valence-electron chi connectivity index (χ3n) is 4.12. The van der Waals surface area contributed by atoms with Crippen molar-refractivity contribution in [2.75, 3.05) is 36.6 Å². The van der Waals surface area contributed by atoms with Crippen LogP contribution in [0.5, 0.6) is 17.2 Å². The minimum absolute atomic E-state index is 0.0431. The summed E-state index contributed by atoms with van der Waals surface area (Å²) in [7, 11) is 0. The molecule has 0 spiro atoms. The molecule has 29 heavy (non-hydrogen) atoms. The molecule has 7 heteroatoms. The number of carbonyl (C=O) groups is 2. The molecule has 0 aromatic heterocycles. The number of nitrogens with one attached hydrogen (secondary N) is 1. The summed E-state index contributed by atoms with van der Waals surface area (Å²) in [5.41, 5.74) is 2.09. The van der Waals surface area contributed by atoms with Gasteiger partial charge in [-0.15, -0.1) is 0 Å². The lowest BCUT2D eigenvalue weighted by Crippen LogP contribution is -2.39. The second-order valence-corrected chi connectivity index (χ2v) is 6.65. The summed E-state index contributed by atoms with van der Waals surface area (Å²) in [5.74, 6) is 1.44. The van der Waals surface area contributed by atoms with Gasteiger partial charge >= 0.3 is 0 Å². The molecule has 2 amide bonds. The van der Waals surface area contributed by atoms with Gasteiger partial charge in [0.2, 0.25) is 0 Å². The largest absolute Gasteiger partial charge is 0.494 e. The van der Waals surface area contributed by atoms with Gasteiger partial charge in [0.05, 0.1) is 12.3 Å². The number of benzene rings is 2. The van der Waals surface area contributed by atoms with Gasteiger partial charge in [-0.25, -0.2) is 0 Å². The van der Waals surface area contributed by atoms with Crippen molar-refractivity contribution in [1.29, 1.82) is 0 Å². The molecule has 152 valence electrons. The number of hydrogen-bond acceptors (Lipinski definition) is 5. The first-order valence-electron chi connectivity index (χ1n) is 9.33. The van der Waals surface area contributed by atoms with Crippen molar-refractivity contribution >= 4 is 23.2 Å². The lowest BCUT2D eigenvalue weighted by atomic mass is 10.2. The van der Waals surface area contributed by atoms with Gasteiger partial charge in [-0.2, -0.15) is 0 Å². The molecule has 1 heterocycles. The maximum Gasteiger partial charge on any atom is 0.265 e. The summed E-state index contributed by atoms with van der Waals surface area (Å²) in [6.45, 7) is 8.48. The molecule has 1 N–H and O–H groups in total. The second-order valence-electron chi connectivity index (χ2n) is 6.65. The van der Waals surface area contributed by atoms with Crippen LogP contribution < -0.4 is 24.4 Å². The lowest BCUT2D eigenvalue weighted by molar-refractivity contribution is -0.121. The average Bonchev–Trinajstić information content (AvgIpc) is 2.70. The van der Waals surface area contributed by atoms with E-state index in [9.17, 15) is 9.59 Å². The van der Waals surface area contributed by atoms with E-state index >= 15 is 0 Å². The van der Waals surface area contributed by atoms with Crippen LogP contribution >= 0.6 is 0 Å². The van der Waals surface area contributed by atoms with Crippen molar-refractivity contribution in [2.45, 2.75) is 13.8 Å². The van der Waals surface area contributed by atoms with Gasteiger partial charge in [0, 0.05) is 18.3 Å². The number of anilines is 2. The summed E-state index contributed by atoms with van der Waals surface area (Å²) in [6, 6.07) is 12.2. The Morgan fingerprint density at radius 3 is 2.52 bits per heavy atom. The molecule has 0 atom stereocenters. The Labute approximate surface area is 169 Å². The highest BCUT2D eigenvalue weighted by molar-refractivity contribution is 5.99. The Morgan fingerprint density at radius 1 is 1.17 bits per heavy atom. The predicted molar refractivity (Wildman–Crippen MR) is 111 cm³/mol. The Hall–Kier alpha value is -3.48. The smallest absolute Gasteiger partial charge is 0.265 e. The molecule has 7 nitrogen and oxygen atoms in total. The van der Waals surface area contributed by atoms with Crippen molar-refractivity contribution in [3.05, 3.63) is 54.6 Å². The van der Waals surface area contributed by atoms with Crippen LogP contribution in [0.15, 0.2) is 54.6 Å². The first-order chi connectivity index (χ1) is 14.0. The van der Waals surface area contributed by atoms with E-state index in [1.54, 1.807) is 47.4 Å². The highest BCUT2D eigenvalue weighted by Gasteiger charge is 2.25. The molecule has 1 aliphatic heterocycles. The molecule has 2 aromatic rings. The first kappa shape index (κ1) is 20.3. The number of rotatable bonds is 8. The van der Waals surface area contributed by atoms with E-state index in [-0.39, 0.29) is 25.0 Å². The molecule has 0 saturated heterocycles. The number of ether oxygens (including phenoxy) is 3. The zero-order chi connectivity index (χ0) is 20.8. The van der Waals surface area contributed by atoms with E-state index in [4.69, 9.17) is 14.2 Å². The summed E-state index contributed by atoms with van der Waals surface area (Å²) in [6.07, 6.45) is 0. The van der Waals surface area contributed by atoms with Crippen molar-refractivity contribution in [1.82, 2.24) is 0 Å². The van der Waals surface area contributed by atoms with Crippen molar-refractivity contribution in [3.8, 4) is 17.2 Å². The molecule has 0 unspecified atom stereocenters. The summed E-state index contributed by atoms with van der Waals surface area (Å²) in [5, 5.41) is 2.77. The summed E-state index contributed by atoms with van der Waals surface area (Å²) in [4.78, 5) is 25.9. The van der Waals surface area contributed by atoms with Crippen LogP contribution in [0.1, 0.15) is 13.8 Å². The quantitative estimate of drug-likeness (QED) is 0.692. The maximum absolute atomic E-state index is 12.2. The van der Waals surface area contributed by atoms with Crippen LogP contribution in [-0.2, 0) is 9.59 Å². The molecule has 0 radical (unpaired) electrons. The van der Waals surface area contributed by atoms with Crippen molar-refractivity contribution in [2.24, 2.45) is 0 Å². The summed E-state index contributed by atoms with van der Waals surface area (Å²) < 4.78 is 16.4. The third-order valence-corrected chi connectivity index (χ3v) is 4.12. The number of amides is 2. The fourth-order valence-electron chi connectivity index (χ4n) is 2.87. The number of fused-ring (bicyclic) bond motifs is 1. The minimum atomic E-state index is -0.301. The van der Waals surface area contributed by atoms with E-state index in [0.717, 1.165) is 11.3 Å². The van der Waals surface area contributed by atoms with Gasteiger partial charge in [0.15, 0.2) is 13.2 Å². The Kier molecular flexibility index (Phi) is 6.39. The number of carbonyl (C=O) groups excluding carboxylic acids is 2. The lowest BCUT2D eigenvalue weighted by Gasteiger charge is -2.29. The van der Waals surface area contributed by atoms with Gasteiger partial charge in [0.25, 0.3) is 11.8 Å². The van der Waals surface area contributed by atoms with Gasteiger partial charge in [-0.3, -0.25) is 9.59 Å². The standard InChI is InChI=1S/C22H24N2O5/c1-4-27-17-6-8-18(9-7-17)28-13-21(25)23-16-5-10-19-20(11-16)29-14-22(26)24(19)12-15(2)3/h5-11H,2,4,12-14H2,1,3H3,(H,23,25). The normalized spacial score (nSPS) is 12.6. The zero-order valence-corrected chi connectivity index (χ0v) is 16.6. The number of hydrogen-bond donors (Lipinski definition) is 1. The monoisotopic (exact) mass is 396 g/mol. The van der Waals surface area contributed by atoms with E-state index < -0.39 is 0 Å². The Balaban J connectivity index is 1.59. The van der Waals surface area contributed by atoms with E-state index in [0.29, 0.717) is 36.0 Å². The van der Waals surface area contributed by atoms with Crippen LogP contribution in [0.3, 0.4) is 0 Å². The van der Waals surface area contributed by atoms with Gasteiger partial charge in [0.1, 0.15) is 17.2 Å². The van der Waals surface area contributed by atoms with Crippen LogP contribution in [0.25, 0.3) is 0 Å². The minimum Gasteiger partial charge on any atom is -0.494 e. The average molecular weight is 396 g/mol. The molecular weight excluding hydrogens is 372 g/mol. The zero-order valence-electron chi connectivity index (χ0n) is 16.6. The third kappa shape index (κ3) is 5.28. The molecular formula is C22H24N2O5. The predicted octanol–water partition coefficient (Wildman–Crippen LogP) is 3.40. The molecule has 2 aromatic carbocycles. The topological polar surface area (TPSA) is 77.1 Å². The second kappa shape index (κ2) is 9.14. The fourth-order valence-corrected chi connectivity index (χ4v) is 2.87. The number of nitrogens with zero attached hydrogens (tertiary/aromatic N) is 1. The highest BCUT2D eigenvalue weighted by Crippen LogP contribution is 2.34. The van der Waals surface area contributed by atoms with Gasteiger partial charge in [-0.05, 0) is 50.2 Å². The van der Waals surface area contributed by atoms with E-state index in [1.165, 1.54) is 0 Å². The molecule has 0 saturated carbocycles. The molecule has 0 bridgehead atoms. The Bertz CT molecular complexity index is 908. The van der Waals surface area contributed by atoms with Crippen LogP contribution in [0.2, 0.25) is 0 Å². The van der Waals surface area contributed by atoms with Crippen molar-refractivity contribution < 1.29 is 23.8 Å². The molecule has 1 aliphatic rings. The maximum atomic E-state index is 12.2. The molecule has 0 aliphatic carbocycles. The van der Waals surface area contributed by atoms with Gasteiger partial charge < -0.3 is 24.4 Å². The van der Waals surface area contributed by atoms with Crippen LogP contribution in [-0.4, -0.2) is 38.2 Å². The van der Waals surface area contributed by atoms with Crippen LogP contribution in [0, 0.1) is 0 Å². The fraction of sp³-hybridized carbons (Fsp3) is 0.273. The van der Waals surface area contributed by atoms with Gasteiger partial charge in [-0.1, -0.05) is 12.2 Å². The summed E-state index contributed by atoms with van der Waals surface area (Å²) >= 11 is 0. The van der Waals surface area contributed by atoms with E-state index in [2.05, 4.69) is 11.9 Å². The van der Waals surface area contributed by atoms with E-state index in [1.807, 2.05) is 13.8 Å². The molecule has 0 fully saturated rings. The first-order valence-corrected chi connectivity index (χ1v) is 9.33. The van der Waals surface area contributed by atoms with Crippen LogP contribution in [0.4, 0.5) is 11.4 Å². The Morgan fingerprint density at radius 2 is 1.86 bits per heavy atom.